The summed E-state index contributed by atoms with van der Waals surface area (Å²) in [6.45, 7) is 3.34. The lowest BCUT2D eigenvalue weighted by atomic mass is 10.3. The number of rotatable bonds is 6. The van der Waals surface area contributed by atoms with Crippen molar-refractivity contribution in [2.24, 2.45) is 0 Å². The van der Waals surface area contributed by atoms with Crippen LogP contribution in [0.5, 0.6) is 0 Å². The van der Waals surface area contributed by atoms with Gasteiger partial charge in [-0.15, -0.1) is 11.6 Å². The average molecular weight is 308 g/mol. The fourth-order valence-corrected chi connectivity index (χ4v) is 1.72. The van der Waals surface area contributed by atoms with E-state index in [4.69, 9.17) is 16.3 Å². The Kier molecular flexibility index (Phi) is 6.09. The molecule has 0 amide bonds. The zero-order chi connectivity index (χ0) is 12.0. The molecule has 0 aromatic carbocycles. The van der Waals surface area contributed by atoms with Gasteiger partial charge in [0.2, 0.25) is 0 Å². The van der Waals surface area contributed by atoms with E-state index in [1.807, 2.05) is 19.1 Å². The largest absolute Gasteiger partial charge is 0.383 e. The van der Waals surface area contributed by atoms with Crippen molar-refractivity contribution in [2.75, 3.05) is 25.6 Å². The standard InChI is InChI=1S/C11H16BrClN2O/c1-8-10(12)3-4-11(15-8)14-6-5-9(13)7-16-2/h3-4,9H,5-7H2,1-2H3,(H,14,15). The van der Waals surface area contributed by atoms with Crippen LogP contribution in [-0.4, -0.2) is 30.6 Å². The molecular weight excluding hydrogens is 291 g/mol. The van der Waals surface area contributed by atoms with Crippen LogP contribution in [0.4, 0.5) is 5.82 Å². The van der Waals surface area contributed by atoms with E-state index in [1.165, 1.54) is 0 Å². The van der Waals surface area contributed by atoms with Crippen LogP contribution in [0.3, 0.4) is 0 Å². The smallest absolute Gasteiger partial charge is 0.126 e. The lowest BCUT2D eigenvalue weighted by molar-refractivity contribution is 0.196. The molecule has 0 aliphatic rings. The van der Waals surface area contributed by atoms with E-state index < -0.39 is 0 Å². The van der Waals surface area contributed by atoms with Crippen LogP contribution in [0.2, 0.25) is 0 Å². The van der Waals surface area contributed by atoms with Crippen LogP contribution in [0.25, 0.3) is 0 Å². The Hall–Kier alpha value is -0.320. The van der Waals surface area contributed by atoms with Crippen molar-refractivity contribution >= 4 is 33.3 Å². The first-order valence-corrected chi connectivity index (χ1v) is 6.36. The van der Waals surface area contributed by atoms with Gasteiger partial charge in [-0.2, -0.15) is 0 Å². The number of ether oxygens (including phenoxy) is 1. The minimum atomic E-state index is 0.0500. The zero-order valence-corrected chi connectivity index (χ0v) is 11.8. The minimum absolute atomic E-state index is 0.0500. The number of hydrogen-bond acceptors (Lipinski definition) is 3. The van der Waals surface area contributed by atoms with Gasteiger partial charge >= 0.3 is 0 Å². The highest BCUT2D eigenvalue weighted by Crippen LogP contribution is 2.16. The molecule has 0 radical (unpaired) electrons. The summed E-state index contributed by atoms with van der Waals surface area (Å²) in [4.78, 5) is 4.38. The van der Waals surface area contributed by atoms with Crippen LogP contribution in [0.15, 0.2) is 16.6 Å². The van der Waals surface area contributed by atoms with Gasteiger partial charge in [-0.3, -0.25) is 0 Å². The summed E-state index contributed by atoms with van der Waals surface area (Å²) in [7, 11) is 1.66. The van der Waals surface area contributed by atoms with Gasteiger partial charge < -0.3 is 10.1 Å². The summed E-state index contributed by atoms with van der Waals surface area (Å²) in [5.41, 5.74) is 0.976. The van der Waals surface area contributed by atoms with E-state index in [-0.39, 0.29) is 5.38 Å². The summed E-state index contributed by atoms with van der Waals surface area (Å²) in [5.74, 6) is 0.877. The molecule has 0 aliphatic heterocycles. The average Bonchev–Trinajstić information content (AvgIpc) is 2.24. The number of aromatic nitrogens is 1. The summed E-state index contributed by atoms with van der Waals surface area (Å²) < 4.78 is 5.98. The van der Waals surface area contributed by atoms with Gasteiger partial charge in [0.05, 0.1) is 17.7 Å². The topological polar surface area (TPSA) is 34.1 Å². The molecule has 3 nitrogen and oxygen atoms in total. The first-order valence-electron chi connectivity index (χ1n) is 5.13. The summed E-state index contributed by atoms with van der Waals surface area (Å²) in [6.07, 6.45) is 0.853. The summed E-state index contributed by atoms with van der Waals surface area (Å²) in [6, 6.07) is 3.93. The Bertz CT molecular complexity index is 336. The molecule has 1 N–H and O–H groups in total. The molecule has 1 heterocycles. The normalized spacial score (nSPS) is 12.5. The van der Waals surface area contributed by atoms with Crippen molar-refractivity contribution in [2.45, 2.75) is 18.7 Å². The predicted molar refractivity (Wildman–Crippen MR) is 71.3 cm³/mol. The summed E-state index contributed by atoms with van der Waals surface area (Å²) in [5, 5.41) is 3.28. The molecule has 16 heavy (non-hydrogen) atoms. The molecule has 0 fully saturated rings. The Morgan fingerprint density at radius 1 is 1.56 bits per heavy atom. The van der Waals surface area contributed by atoms with E-state index in [1.54, 1.807) is 7.11 Å². The van der Waals surface area contributed by atoms with Crippen molar-refractivity contribution in [3.8, 4) is 0 Å². The highest BCUT2D eigenvalue weighted by Gasteiger charge is 2.04. The molecular formula is C11H16BrClN2O. The molecule has 1 atom stereocenters. The molecule has 90 valence electrons. The van der Waals surface area contributed by atoms with Gasteiger partial charge in [0, 0.05) is 18.1 Å². The molecule has 0 saturated carbocycles. The highest BCUT2D eigenvalue weighted by molar-refractivity contribution is 9.10. The number of nitrogens with zero attached hydrogens (tertiary/aromatic N) is 1. The molecule has 1 aromatic heterocycles. The number of methoxy groups -OCH3 is 1. The Morgan fingerprint density at radius 2 is 2.31 bits per heavy atom. The first-order chi connectivity index (χ1) is 7.63. The third-order valence-corrected chi connectivity index (χ3v) is 3.31. The van der Waals surface area contributed by atoms with Crippen LogP contribution in [0, 0.1) is 6.92 Å². The van der Waals surface area contributed by atoms with Crippen molar-refractivity contribution in [1.82, 2.24) is 4.98 Å². The maximum atomic E-state index is 6.01. The first kappa shape index (κ1) is 13.7. The molecule has 1 unspecified atom stereocenters. The molecule has 0 bridgehead atoms. The van der Waals surface area contributed by atoms with E-state index >= 15 is 0 Å². The van der Waals surface area contributed by atoms with E-state index in [0.29, 0.717) is 6.61 Å². The van der Waals surface area contributed by atoms with Crippen molar-refractivity contribution in [1.29, 1.82) is 0 Å². The predicted octanol–water partition coefficient (Wildman–Crippen LogP) is 3.21. The van der Waals surface area contributed by atoms with Crippen LogP contribution in [0.1, 0.15) is 12.1 Å². The molecule has 0 saturated heterocycles. The Morgan fingerprint density at radius 3 is 2.94 bits per heavy atom. The number of nitrogens with one attached hydrogen (secondary N) is 1. The minimum Gasteiger partial charge on any atom is -0.383 e. The van der Waals surface area contributed by atoms with Crippen LogP contribution < -0.4 is 5.32 Å². The maximum Gasteiger partial charge on any atom is 0.126 e. The lowest BCUT2D eigenvalue weighted by Gasteiger charge is -2.10. The van der Waals surface area contributed by atoms with Crippen molar-refractivity contribution < 1.29 is 4.74 Å². The third kappa shape index (κ3) is 4.68. The van der Waals surface area contributed by atoms with Gasteiger partial charge in [0.25, 0.3) is 0 Å². The second kappa shape index (κ2) is 7.09. The fourth-order valence-electron chi connectivity index (χ4n) is 1.26. The van der Waals surface area contributed by atoms with Crippen LogP contribution >= 0.6 is 27.5 Å². The number of halogens is 2. The van der Waals surface area contributed by atoms with Crippen molar-refractivity contribution in [3.63, 3.8) is 0 Å². The zero-order valence-electron chi connectivity index (χ0n) is 9.46. The van der Waals surface area contributed by atoms with E-state index in [2.05, 4.69) is 26.2 Å². The van der Waals surface area contributed by atoms with Gasteiger partial charge in [-0.25, -0.2) is 4.98 Å². The summed E-state index contributed by atoms with van der Waals surface area (Å²) >= 11 is 9.42. The number of aryl methyl sites for hydroxylation is 1. The lowest BCUT2D eigenvalue weighted by Crippen LogP contribution is -2.14. The van der Waals surface area contributed by atoms with Gasteiger partial charge in [-0.1, -0.05) is 0 Å². The number of alkyl halides is 1. The molecule has 1 aromatic rings. The number of hydrogen-bond donors (Lipinski definition) is 1. The monoisotopic (exact) mass is 306 g/mol. The van der Waals surface area contributed by atoms with Gasteiger partial charge in [0.1, 0.15) is 5.82 Å². The highest BCUT2D eigenvalue weighted by atomic mass is 79.9. The molecule has 0 spiro atoms. The SMILES string of the molecule is COCC(Cl)CCNc1ccc(Br)c(C)n1. The van der Waals surface area contributed by atoms with Crippen LogP contribution in [-0.2, 0) is 4.74 Å². The third-order valence-electron chi connectivity index (χ3n) is 2.13. The molecule has 5 heteroatoms. The van der Waals surface area contributed by atoms with Gasteiger partial charge in [0.15, 0.2) is 0 Å². The Labute approximate surface area is 110 Å². The quantitative estimate of drug-likeness (QED) is 0.820. The maximum absolute atomic E-state index is 6.01. The second-order valence-electron chi connectivity index (χ2n) is 3.53. The number of pyridine rings is 1. The molecule has 0 aliphatic carbocycles. The fraction of sp³-hybridized carbons (Fsp3) is 0.545. The molecule has 1 rings (SSSR count). The van der Waals surface area contributed by atoms with Crippen molar-refractivity contribution in [3.05, 3.63) is 22.3 Å². The van der Waals surface area contributed by atoms with Gasteiger partial charge in [-0.05, 0) is 41.4 Å². The van der Waals surface area contributed by atoms with E-state index in [9.17, 15) is 0 Å². The second-order valence-corrected chi connectivity index (χ2v) is 5.00. The number of anilines is 1. The van der Waals surface area contributed by atoms with E-state index in [0.717, 1.165) is 29.0 Å². The Balaban J connectivity index is 2.34.